The normalized spacial score (nSPS) is 9.82. The smallest absolute Gasteiger partial charge is 0.433 e. The minimum Gasteiger partial charge on any atom is -0.433 e. The molecule has 11 heavy (non-hydrogen) atoms. The summed E-state index contributed by atoms with van der Waals surface area (Å²) in [6, 6.07) is 0. The fraction of sp³-hybridized carbons (Fsp3) is 0.857. The minimum absolute atomic E-state index is 0.114. The van der Waals surface area contributed by atoms with E-state index in [4.69, 9.17) is 4.74 Å². The van der Waals surface area contributed by atoms with Gasteiger partial charge in [0, 0.05) is 6.54 Å². The van der Waals surface area contributed by atoms with Gasteiger partial charge in [0.05, 0.1) is 6.10 Å². The maximum absolute atomic E-state index is 10.7. The molecule has 0 aromatic heterocycles. The number of hydrogen-bond donors (Lipinski definition) is 1. The molecule has 0 aliphatic carbocycles. The highest BCUT2D eigenvalue weighted by Crippen LogP contribution is 1.91. The summed E-state index contributed by atoms with van der Waals surface area (Å²) in [6.07, 6.45) is -0.715. The van der Waals surface area contributed by atoms with E-state index in [-0.39, 0.29) is 6.10 Å². The maximum atomic E-state index is 10.7. The van der Waals surface area contributed by atoms with Gasteiger partial charge in [-0.1, -0.05) is 0 Å². The highest BCUT2D eigenvalue weighted by Gasteiger charge is 2.04. The third-order valence-electron chi connectivity index (χ3n) is 0.904. The Morgan fingerprint density at radius 2 is 2.18 bits per heavy atom. The molecule has 0 aliphatic rings. The molecule has 0 radical (unpaired) electrons. The lowest BCUT2D eigenvalue weighted by atomic mass is 10.5. The fourth-order valence-corrected chi connectivity index (χ4v) is 0.463. The van der Waals surface area contributed by atoms with E-state index in [2.05, 4.69) is 10.1 Å². The molecule has 0 aromatic rings. The Balaban J connectivity index is 3.23. The van der Waals surface area contributed by atoms with Crippen LogP contribution in [0.3, 0.4) is 0 Å². The Kier molecular flexibility index (Phi) is 5.56. The monoisotopic (exact) mass is 161 g/mol. The van der Waals surface area contributed by atoms with Crippen molar-refractivity contribution in [1.29, 1.82) is 0 Å². The van der Waals surface area contributed by atoms with E-state index in [0.717, 1.165) is 0 Å². The van der Waals surface area contributed by atoms with Crippen LogP contribution in [0.5, 0.6) is 0 Å². The van der Waals surface area contributed by atoms with Crippen LogP contribution in [0.1, 0.15) is 13.8 Å². The summed E-state index contributed by atoms with van der Waals surface area (Å²) in [5.41, 5.74) is 0. The molecule has 0 unspecified atom stereocenters. The quantitative estimate of drug-likeness (QED) is 0.488. The second kappa shape index (κ2) is 5.97. The summed E-state index contributed by atoms with van der Waals surface area (Å²) in [5, 5.41) is 2.84. The zero-order valence-corrected chi connectivity index (χ0v) is 7.22. The molecule has 0 rings (SSSR count). The van der Waals surface area contributed by atoms with E-state index in [1.54, 1.807) is 20.9 Å². The summed E-state index contributed by atoms with van der Waals surface area (Å²) in [5.74, 6) is 0. The maximum Gasteiger partial charge on any atom is 0.508 e. The molecule has 0 fully saturated rings. The van der Waals surface area contributed by atoms with Crippen LogP contribution >= 0.6 is 0 Å². The van der Waals surface area contributed by atoms with Crippen molar-refractivity contribution in [1.82, 2.24) is 5.32 Å². The van der Waals surface area contributed by atoms with Gasteiger partial charge < -0.3 is 14.8 Å². The summed E-state index contributed by atoms with van der Waals surface area (Å²) >= 11 is 0. The van der Waals surface area contributed by atoms with Crippen LogP contribution in [0.15, 0.2) is 0 Å². The van der Waals surface area contributed by atoms with Crippen LogP contribution < -0.4 is 5.32 Å². The predicted molar refractivity (Wildman–Crippen MR) is 41.5 cm³/mol. The lowest BCUT2D eigenvalue weighted by molar-refractivity contribution is 0.0355. The third kappa shape index (κ3) is 7.12. The average Bonchev–Trinajstić information content (AvgIpc) is 1.86. The van der Waals surface area contributed by atoms with E-state index in [1.165, 1.54) is 0 Å². The molecule has 0 spiro atoms. The van der Waals surface area contributed by atoms with Crippen molar-refractivity contribution in [3.05, 3.63) is 0 Å². The first-order valence-electron chi connectivity index (χ1n) is 3.65. The number of nitrogens with one attached hydrogen (secondary N) is 1. The summed E-state index contributed by atoms with van der Waals surface area (Å²) in [6.45, 7) is 4.55. The molecule has 0 saturated carbocycles. The van der Waals surface area contributed by atoms with Crippen LogP contribution in [0.2, 0.25) is 0 Å². The molecule has 0 amide bonds. The Bertz CT molecular complexity index is 114. The molecule has 0 atom stereocenters. The van der Waals surface area contributed by atoms with E-state index in [0.29, 0.717) is 13.2 Å². The molecule has 66 valence electrons. The van der Waals surface area contributed by atoms with Crippen molar-refractivity contribution in [2.75, 3.05) is 20.2 Å². The van der Waals surface area contributed by atoms with Crippen LogP contribution in [-0.2, 0) is 9.47 Å². The number of rotatable bonds is 4. The Labute approximate surface area is 66.9 Å². The minimum atomic E-state index is -0.602. The van der Waals surface area contributed by atoms with Gasteiger partial charge in [-0.15, -0.1) is 0 Å². The highest BCUT2D eigenvalue weighted by molar-refractivity contribution is 5.59. The van der Waals surface area contributed by atoms with Crippen molar-refractivity contribution < 1.29 is 14.3 Å². The lowest BCUT2D eigenvalue weighted by Crippen LogP contribution is -2.19. The first-order valence-corrected chi connectivity index (χ1v) is 3.65. The zero-order chi connectivity index (χ0) is 8.69. The van der Waals surface area contributed by atoms with Gasteiger partial charge in [0.15, 0.2) is 0 Å². The second-order valence-corrected chi connectivity index (χ2v) is 2.37. The van der Waals surface area contributed by atoms with Crippen molar-refractivity contribution in [2.45, 2.75) is 20.0 Å². The zero-order valence-electron chi connectivity index (χ0n) is 7.22. The topological polar surface area (TPSA) is 47.6 Å². The van der Waals surface area contributed by atoms with Crippen LogP contribution in [0.25, 0.3) is 0 Å². The molecule has 0 aliphatic heterocycles. The summed E-state index contributed by atoms with van der Waals surface area (Å²) < 4.78 is 9.38. The average molecular weight is 161 g/mol. The second-order valence-electron chi connectivity index (χ2n) is 2.37. The Morgan fingerprint density at radius 1 is 1.55 bits per heavy atom. The fourth-order valence-electron chi connectivity index (χ4n) is 0.463. The van der Waals surface area contributed by atoms with Crippen molar-refractivity contribution in [3.63, 3.8) is 0 Å². The van der Waals surface area contributed by atoms with Crippen LogP contribution in [0.4, 0.5) is 4.79 Å². The largest absolute Gasteiger partial charge is 0.508 e. The van der Waals surface area contributed by atoms with Crippen LogP contribution in [-0.4, -0.2) is 32.5 Å². The van der Waals surface area contributed by atoms with Crippen molar-refractivity contribution in [2.24, 2.45) is 0 Å². The number of carbonyl (C=O) groups is 1. The first kappa shape index (κ1) is 10.2. The number of hydrogen-bond acceptors (Lipinski definition) is 4. The van der Waals surface area contributed by atoms with Gasteiger partial charge in [-0.25, -0.2) is 4.79 Å². The van der Waals surface area contributed by atoms with Gasteiger partial charge in [0.25, 0.3) is 0 Å². The lowest BCUT2D eigenvalue weighted by Gasteiger charge is -2.07. The molecule has 0 heterocycles. The Morgan fingerprint density at radius 3 is 2.64 bits per heavy atom. The van der Waals surface area contributed by atoms with Gasteiger partial charge in [-0.05, 0) is 20.9 Å². The van der Waals surface area contributed by atoms with Gasteiger partial charge >= 0.3 is 6.16 Å². The molecular formula is C7H15NO3. The number of carbonyl (C=O) groups excluding carboxylic acids is 1. The van der Waals surface area contributed by atoms with Gasteiger partial charge in [0.1, 0.15) is 6.61 Å². The highest BCUT2D eigenvalue weighted by atomic mass is 16.7. The molecule has 1 N–H and O–H groups in total. The van der Waals surface area contributed by atoms with E-state index >= 15 is 0 Å². The van der Waals surface area contributed by atoms with E-state index in [9.17, 15) is 4.79 Å². The molecule has 0 bridgehead atoms. The number of likely N-dealkylation sites (N-methyl/N-ethyl adjacent to an activating group) is 1. The van der Waals surface area contributed by atoms with Crippen molar-refractivity contribution >= 4 is 6.16 Å². The van der Waals surface area contributed by atoms with E-state index in [1.807, 2.05) is 0 Å². The molecular weight excluding hydrogens is 146 g/mol. The van der Waals surface area contributed by atoms with Gasteiger partial charge in [-0.2, -0.15) is 0 Å². The predicted octanol–water partition coefficient (Wildman–Crippen LogP) is 0.767. The molecule has 4 heteroatoms. The van der Waals surface area contributed by atoms with Gasteiger partial charge in [0.2, 0.25) is 0 Å². The van der Waals surface area contributed by atoms with Crippen LogP contribution in [0, 0.1) is 0 Å². The number of ether oxygens (including phenoxy) is 2. The molecule has 4 nitrogen and oxygen atoms in total. The van der Waals surface area contributed by atoms with E-state index < -0.39 is 6.16 Å². The van der Waals surface area contributed by atoms with Crippen molar-refractivity contribution in [3.8, 4) is 0 Å². The first-order chi connectivity index (χ1) is 5.16. The molecule has 0 saturated heterocycles. The standard InChI is InChI=1S/C7H15NO3/c1-6(2)11-7(9)10-5-4-8-3/h6,8H,4-5H2,1-3H3. The Hall–Kier alpha value is -0.770. The summed E-state index contributed by atoms with van der Waals surface area (Å²) in [4.78, 5) is 10.7. The summed E-state index contributed by atoms with van der Waals surface area (Å²) in [7, 11) is 1.79. The SMILES string of the molecule is CNCCOC(=O)OC(C)C. The molecule has 0 aromatic carbocycles. The van der Waals surface area contributed by atoms with Gasteiger partial charge in [-0.3, -0.25) is 0 Å². The third-order valence-corrected chi connectivity index (χ3v) is 0.904.